The van der Waals surface area contributed by atoms with Gasteiger partial charge in [-0.3, -0.25) is 9.48 Å². The zero-order valence-corrected chi connectivity index (χ0v) is 15.8. The smallest absolute Gasteiger partial charge is 0.254 e. The summed E-state index contributed by atoms with van der Waals surface area (Å²) in [4.78, 5) is 14.9. The Kier molecular flexibility index (Phi) is 4.11. The molecule has 1 amide bonds. The van der Waals surface area contributed by atoms with Crippen LogP contribution in [0.2, 0.25) is 0 Å². The standard InChI is InChI=1S/C18H22N4O3S/c1-20(2)26(24,25)14-8-6-13(7-9-14)18(23)21-10-11-22-17(12-21)15-4-3-5-16(15)19-22/h6-9H,3-5,10-12H2,1-2H3. The van der Waals surface area contributed by atoms with E-state index in [1.54, 1.807) is 12.1 Å². The largest absolute Gasteiger partial charge is 0.331 e. The lowest BCUT2D eigenvalue weighted by Gasteiger charge is -2.28. The Morgan fingerprint density at radius 1 is 1.12 bits per heavy atom. The Labute approximate surface area is 153 Å². The molecule has 1 aromatic carbocycles. The lowest BCUT2D eigenvalue weighted by Crippen LogP contribution is -2.38. The van der Waals surface area contributed by atoms with Gasteiger partial charge in [0.1, 0.15) is 0 Å². The number of sulfonamides is 1. The van der Waals surface area contributed by atoms with Crippen LogP contribution in [0.1, 0.15) is 33.7 Å². The van der Waals surface area contributed by atoms with Crippen molar-refractivity contribution in [2.45, 2.75) is 37.2 Å². The fourth-order valence-corrected chi connectivity index (χ4v) is 4.59. The van der Waals surface area contributed by atoms with Gasteiger partial charge in [0.25, 0.3) is 5.91 Å². The number of hydrogen-bond acceptors (Lipinski definition) is 4. The normalized spacial score (nSPS) is 16.7. The third-order valence-corrected chi connectivity index (χ3v) is 7.01. The van der Waals surface area contributed by atoms with Gasteiger partial charge in [0, 0.05) is 26.2 Å². The maximum atomic E-state index is 12.9. The van der Waals surface area contributed by atoms with Crippen molar-refractivity contribution in [3.63, 3.8) is 0 Å². The molecule has 1 aromatic heterocycles. The van der Waals surface area contributed by atoms with E-state index in [0.29, 0.717) is 25.2 Å². The Hall–Kier alpha value is -2.19. The molecule has 1 aliphatic carbocycles. The lowest BCUT2D eigenvalue weighted by molar-refractivity contribution is 0.0705. The van der Waals surface area contributed by atoms with Crippen LogP contribution in [0.5, 0.6) is 0 Å². The highest BCUT2D eigenvalue weighted by Crippen LogP contribution is 2.28. The highest BCUT2D eigenvalue weighted by atomic mass is 32.2. The molecule has 7 nitrogen and oxygen atoms in total. The van der Waals surface area contributed by atoms with Gasteiger partial charge in [-0.25, -0.2) is 12.7 Å². The van der Waals surface area contributed by atoms with Crippen LogP contribution in [-0.4, -0.2) is 54.0 Å². The second-order valence-electron chi connectivity index (χ2n) is 6.99. The Bertz CT molecular complexity index is 961. The molecule has 0 fully saturated rings. The molecule has 0 atom stereocenters. The summed E-state index contributed by atoms with van der Waals surface area (Å²) in [5.74, 6) is -0.0713. The monoisotopic (exact) mass is 374 g/mol. The van der Waals surface area contributed by atoms with Gasteiger partial charge in [0.15, 0.2) is 0 Å². The molecule has 0 radical (unpaired) electrons. The topological polar surface area (TPSA) is 75.5 Å². The summed E-state index contributed by atoms with van der Waals surface area (Å²) >= 11 is 0. The van der Waals surface area contributed by atoms with Gasteiger partial charge in [-0.15, -0.1) is 0 Å². The number of aryl methyl sites for hydroxylation is 1. The van der Waals surface area contributed by atoms with E-state index in [2.05, 4.69) is 5.10 Å². The van der Waals surface area contributed by atoms with Crippen LogP contribution in [0, 0.1) is 0 Å². The van der Waals surface area contributed by atoms with Gasteiger partial charge < -0.3 is 4.90 Å². The maximum Gasteiger partial charge on any atom is 0.254 e. The number of hydrogen-bond donors (Lipinski definition) is 0. The Balaban J connectivity index is 1.55. The summed E-state index contributed by atoms with van der Waals surface area (Å²) in [7, 11) is -0.507. The van der Waals surface area contributed by atoms with E-state index < -0.39 is 10.0 Å². The summed E-state index contributed by atoms with van der Waals surface area (Å²) in [6.07, 6.45) is 3.22. The number of benzene rings is 1. The van der Waals surface area contributed by atoms with Crippen LogP contribution in [0.3, 0.4) is 0 Å². The minimum Gasteiger partial charge on any atom is -0.331 e. The van der Waals surface area contributed by atoms with Gasteiger partial charge in [-0.05, 0) is 49.1 Å². The Morgan fingerprint density at radius 3 is 2.54 bits per heavy atom. The number of fused-ring (bicyclic) bond motifs is 3. The second-order valence-corrected chi connectivity index (χ2v) is 9.14. The first-order valence-corrected chi connectivity index (χ1v) is 10.2. The van der Waals surface area contributed by atoms with E-state index in [0.717, 1.165) is 29.3 Å². The Morgan fingerprint density at radius 2 is 1.85 bits per heavy atom. The van der Waals surface area contributed by atoms with E-state index in [9.17, 15) is 13.2 Å². The third kappa shape index (κ3) is 2.73. The molecule has 8 heteroatoms. The van der Waals surface area contributed by atoms with Crippen molar-refractivity contribution in [3.8, 4) is 0 Å². The van der Waals surface area contributed by atoms with E-state index >= 15 is 0 Å². The molecule has 2 aliphatic rings. The molecule has 1 aliphatic heterocycles. The van der Waals surface area contributed by atoms with E-state index in [1.807, 2.05) is 9.58 Å². The molecule has 0 N–H and O–H groups in total. The van der Waals surface area contributed by atoms with Gasteiger partial charge >= 0.3 is 0 Å². The number of carbonyl (C=O) groups excluding carboxylic acids is 1. The molecule has 0 spiro atoms. The minimum atomic E-state index is -3.49. The van der Waals surface area contributed by atoms with Crippen LogP contribution in [0.25, 0.3) is 0 Å². The summed E-state index contributed by atoms with van der Waals surface area (Å²) in [5, 5.41) is 4.66. The van der Waals surface area contributed by atoms with Gasteiger partial charge in [-0.1, -0.05) is 0 Å². The van der Waals surface area contributed by atoms with E-state index in [-0.39, 0.29) is 10.8 Å². The van der Waals surface area contributed by atoms with Gasteiger partial charge in [0.05, 0.1) is 29.4 Å². The predicted octanol–water partition coefficient (Wildman–Crippen LogP) is 1.28. The van der Waals surface area contributed by atoms with Crippen molar-refractivity contribution in [1.29, 1.82) is 0 Å². The van der Waals surface area contributed by atoms with Crippen LogP contribution in [-0.2, 0) is 36.0 Å². The van der Waals surface area contributed by atoms with Crippen LogP contribution < -0.4 is 0 Å². The molecule has 138 valence electrons. The van der Waals surface area contributed by atoms with E-state index in [1.165, 1.54) is 37.5 Å². The molecule has 2 aromatic rings. The third-order valence-electron chi connectivity index (χ3n) is 5.18. The van der Waals surface area contributed by atoms with Crippen LogP contribution >= 0.6 is 0 Å². The van der Waals surface area contributed by atoms with Crippen molar-refractivity contribution in [3.05, 3.63) is 46.8 Å². The number of carbonyl (C=O) groups is 1. The van der Waals surface area contributed by atoms with E-state index in [4.69, 9.17) is 0 Å². The first-order chi connectivity index (χ1) is 12.4. The fourth-order valence-electron chi connectivity index (χ4n) is 3.68. The van der Waals surface area contributed by atoms with Crippen LogP contribution in [0.15, 0.2) is 29.2 Å². The van der Waals surface area contributed by atoms with Gasteiger partial charge in [0.2, 0.25) is 10.0 Å². The highest BCUT2D eigenvalue weighted by Gasteiger charge is 2.29. The zero-order valence-electron chi connectivity index (χ0n) is 15.0. The summed E-state index contributed by atoms with van der Waals surface area (Å²) in [6.45, 7) is 1.89. The molecule has 0 saturated heterocycles. The van der Waals surface area contributed by atoms with Crippen molar-refractivity contribution in [1.82, 2.24) is 19.0 Å². The van der Waals surface area contributed by atoms with Crippen molar-refractivity contribution in [2.75, 3.05) is 20.6 Å². The van der Waals surface area contributed by atoms with Crippen LogP contribution in [0.4, 0.5) is 0 Å². The van der Waals surface area contributed by atoms with Gasteiger partial charge in [-0.2, -0.15) is 5.10 Å². The van der Waals surface area contributed by atoms with Crippen molar-refractivity contribution < 1.29 is 13.2 Å². The summed E-state index contributed by atoms with van der Waals surface area (Å²) in [5.41, 5.74) is 4.17. The SMILES string of the molecule is CN(C)S(=O)(=O)c1ccc(C(=O)N2CCn3nc4c(c3C2)CCC4)cc1. The fraction of sp³-hybridized carbons (Fsp3) is 0.444. The molecule has 4 rings (SSSR count). The maximum absolute atomic E-state index is 12.9. The lowest BCUT2D eigenvalue weighted by atomic mass is 10.1. The predicted molar refractivity (Wildman–Crippen MR) is 96.3 cm³/mol. The van der Waals surface area contributed by atoms with Crippen molar-refractivity contribution in [2.24, 2.45) is 0 Å². The molecular formula is C18H22N4O3S. The zero-order chi connectivity index (χ0) is 18.5. The molecule has 26 heavy (non-hydrogen) atoms. The number of aromatic nitrogens is 2. The van der Waals surface area contributed by atoms with Crippen molar-refractivity contribution >= 4 is 15.9 Å². The first kappa shape index (κ1) is 17.2. The molecule has 0 bridgehead atoms. The highest BCUT2D eigenvalue weighted by molar-refractivity contribution is 7.89. The number of amides is 1. The average Bonchev–Trinajstić information content (AvgIpc) is 3.22. The number of rotatable bonds is 3. The first-order valence-electron chi connectivity index (χ1n) is 8.77. The molecule has 2 heterocycles. The summed E-state index contributed by atoms with van der Waals surface area (Å²) in [6, 6.07) is 6.17. The minimum absolute atomic E-state index is 0.0713. The quantitative estimate of drug-likeness (QED) is 0.811. The molecule has 0 saturated carbocycles. The molecule has 0 unspecified atom stereocenters. The molecular weight excluding hydrogens is 352 g/mol. The summed E-state index contributed by atoms with van der Waals surface area (Å²) < 4.78 is 27.5. The second kappa shape index (κ2) is 6.21. The average molecular weight is 374 g/mol. The number of nitrogens with zero attached hydrogens (tertiary/aromatic N) is 4.